The predicted molar refractivity (Wildman–Crippen MR) is 101 cm³/mol. The van der Waals surface area contributed by atoms with Gasteiger partial charge in [-0.05, 0) is 30.1 Å². The third-order valence-corrected chi connectivity index (χ3v) is 5.18. The lowest BCUT2D eigenvalue weighted by atomic mass is 9.69. The third-order valence-electron chi connectivity index (χ3n) is 4.98. The maximum absolute atomic E-state index is 14.7. The number of carbonyl (C=O) groups excluding carboxylic acids is 1. The van der Waals surface area contributed by atoms with E-state index in [1.165, 1.54) is 6.07 Å². The monoisotopic (exact) mass is 370 g/mol. The fourth-order valence-corrected chi connectivity index (χ4v) is 4.18. The Morgan fingerprint density at radius 2 is 2.04 bits per heavy atom. The zero-order valence-electron chi connectivity index (χ0n) is 14.5. The van der Waals surface area contributed by atoms with Crippen LogP contribution in [0.3, 0.4) is 0 Å². The lowest BCUT2D eigenvalue weighted by Gasteiger charge is -2.39. The van der Waals surface area contributed by atoms with Crippen LogP contribution in [0.2, 0.25) is 0 Å². The first-order valence-corrected chi connectivity index (χ1v) is 8.85. The van der Waals surface area contributed by atoms with Crippen molar-refractivity contribution >= 4 is 29.6 Å². The summed E-state index contributed by atoms with van der Waals surface area (Å²) in [5.41, 5.74) is 8.33. The Morgan fingerprint density at radius 1 is 1.31 bits per heavy atom. The van der Waals surface area contributed by atoms with E-state index in [0.29, 0.717) is 41.2 Å². The van der Waals surface area contributed by atoms with Crippen LogP contribution in [0.1, 0.15) is 43.7 Å². The van der Waals surface area contributed by atoms with E-state index in [9.17, 15) is 9.18 Å². The normalized spacial score (nSPS) is 21.0. The van der Waals surface area contributed by atoms with Crippen molar-refractivity contribution in [1.82, 2.24) is 9.97 Å². The number of H-pyrrole nitrogens is 1. The van der Waals surface area contributed by atoms with Crippen LogP contribution < -0.4 is 11.1 Å². The van der Waals surface area contributed by atoms with Crippen molar-refractivity contribution in [3.05, 3.63) is 57.3 Å². The summed E-state index contributed by atoms with van der Waals surface area (Å²) < 4.78 is 14.9. The first-order chi connectivity index (χ1) is 12.3. The molecule has 0 amide bonds. The second kappa shape index (κ2) is 5.74. The molecule has 7 heteroatoms. The van der Waals surface area contributed by atoms with E-state index in [1.807, 2.05) is 13.8 Å². The number of carbonyl (C=O) groups is 1. The number of anilines is 2. The number of nitrogen functional groups attached to an aromatic ring is 1. The molecule has 1 aliphatic heterocycles. The third kappa shape index (κ3) is 2.63. The smallest absolute Gasteiger partial charge is 0.200 e. The number of allylic oxidation sites excluding steroid dienone is 2. The molecular weight excluding hydrogens is 351 g/mol. The Kier molecular flexibility index (Phi) is 3.73. The molecule has 0 saturated carbocycles. The number of nitrogens with zero attached hydrogens (tertiary/aromatic N) is 1. The van der Waals surface area contributed by atoms with Crippen molar-refractivity contribution in [2.45, 2.75) is 32.6 Å². The summed E-state index contributed by atoms with van der Waals surface area (Å²) in [5, 5.41) is 3.24. The minimum Gasteiger partial charge on any atom is -0.385 e. The summed E-state index contributed by atoms with van der Waals surface area (Å²) >= 11 is 5.14. The summed E-state index contributed by atoms with van der Waals surface area (Å²) in [4.78, 5) is 20.2. The molecule has 1 aliphatic carbocycles. The highest BCUT2D eigenvalue weighted by Gasteiger charge is 2.42. The number of fused-ring (bicyclic) bond motifs is 1. The molecule has 2 aromatic rings. The molecule has 1 unspecified atom stereocenters. The van der Waals surface area contributed by atoms with Crippen molar-refractivity contribution in [2.75, 3.05) is 11.1 Å². The number of ketones is 1. The second-order valence-electron chi connectivity index (χ2n) is 7.63. The number of nitrogens with one attached hydrogen (secondary N) is 2. The molecule has 2 heterocycles. The summed E-state index contributed by atoms with van der Waals surface area (Å²) in [6.07, 6.45) is 1.08. The van der Waals surface area contributed by atoms with E-state index >= 15 is 0 Å². The number of benzene rings is 1. The molecular formula is C19H19FN4OS. The van der Waals surface area contributed by atoms with Gasteiger partial charge in [-0.1, -0.05) is 32.0 Å². The number of nitrogens with two attached hydrogens (primary N) is 1. The molecule has 0 saturated heterocycles. The highest BCUT2D eigenvalue weighted by atomic mass is 32.1. The molecule has 1 aromatic carbocycles. The van der Waals surface area contributed by atoms with Crippen LogP contribution in [-0.2, 0) is 4.79 Å². The molecule has 0 fully saturated rings. The van der Waals surface area contributed by atoms with Crippen LogP contribution in [-0.4, -0.2) is 15.8 Å². The quantitative estimate of drug-likeness (QED) is 0.659. The van der Waals surface area contributed by atoms with E-state index < -0.39 is 5.92 Å². The van der Waals surface area contributed by atoms with Gasteiger partial charge in [0.05, 0.1) is 0 Å². The van der Waals surface area contributed by atoms with Gasteiger partial charge in [-0.15, -0.1) is 0 Å². The molecule has 0 bridgehead atoms. The number of hydrogen-bond acceptors (Lipinski definition) is 5. The number of aromatic amines is 1. The van der Waals surface area contributed by atoms with Crippen LogP contribution in [0.15, 0.2) is 35.5 Å². The second-order valence-corrected chi connectivity index (χ2v) is 8.02. The first kappa shape index (κ1) is 16.9. The van der Waals surface area contributed by atoms with Crippen molar-refractivity contribution in [2.24, 2.45) is 5.41 Å². The SMILES string of the molecule is CC1(C)CC(=O)C2=C(C1)Nc1nc(=S)[nH]c(N)c1C2c1ccccc1F. The molecule has 26 heavy (non-hydrogen) atoms. The minimum atomic E-state index is -0.606. The number of aromatic nitrogens is 2. The van der Waals surface area contributed by atoms with Crippen molar-refractivity contribution in [3.63, 3.8) is 0 Å². The zero-order valence-corrected chi connectivity index (χ0v) is 15.3. The van der Waals surface area contributed by atoms with E-state index in [1.54, 1.807) is 18.2 Å². The maximum Gasteiger partial charge on any atom is 0.200 e. The molecule has 4 N–H and O–H groups in total. The molecule has 0 spiro atoms. The summed E-state index contributed by atoms with van der Waals surface area (Å²) in [5.74, 6) is -0.194. The van der Waals surface area contributed by atoms with Gasteiger partial charge in [0.25, 0.3) is 0 Å². The van der Waals surface area contributed by atoms with Crippen LogP contribution in [0.25, 0.3) is 0 Å². The Hall–Kier alpha value is -2.54. The van der Waals surface area contributed by atoms with Gasteiger partial charge in [0.15, 0.2) is 10.6 Å². The molecule has 1 atom stereocenters. The molecule has 0 radical (unpaired) electrons. The van der Waals surface area contributed by atoms with Crippen molar-refractivity contribution < 1.29 is 9.18 Å². The van der Waals surface area contributed by atoms with E-state index in [2.05, 4.69) is 15.3 Å². The number of hydrogen-bond donors (Lipinski definition) is 3. The van der Waals surface area contributed by atoms with Gasteiger partial charge in [-0.25, -0.2) is 9.37 Å². The molecule has 1 aromatic heterocycles. The Morgan fingerprint density at radius 3 is 2.77 bits per heavy atom. The van der Waals surface area contributed by atoms with Crippen molar-refractivity contribution in [3.8, 4) is 0 Å². The van der Waals surface area contributed by atoms with Gasteiger partial charge < -0.3 is 16.0 Å². The number of Topliss-reactive ketones (excluding diaryl/α,β-unsaturated/α-hetero) is 1. The predicted octanol–water partition coefficient (Wildman–Crippen LogP) is 4.06. The highest BCUT2D eigenvalue weighted by Crippen LogP contribution is 2.49. The Bertz CT molecular complexity index is 1020. The fourth-order valence-electron chi connectivity index (χ4n) is 3.98. The topological polar surface area (TPSA) is 83.8 Å². The first-order valence-electron chi connectivity index (χ1n) is 8.44. The average Bonchev–Trinajstić information content (AvgIpc) is 2.52. The van der Waals surface area contributed by atoms with Crippen LogP contribution in [0.5, 0.6) is 0 Å². The van der Waals surface area contributed by atoms with Gasteiger partial charge in [0.2, 0.25) is 0 Å². The summed E-state index contributed by atoms with van der Waals surface area (Å²) in [6, 6.07) is 6.46. The Labute approximate surface area is 155 Å². The zero-order chi connectivity index (χ0) is 18.6. The summed E-state index contributed by atoms with van der Waals surface area (Å²) in [6.45, 7) is 4.09. The van der Waals surface area contributed by atoms with E-state index in [4.69, 9.17) is 18.0 Å². The summed E-state index contributed by atoms with van der Waals surface area (Å²) in [7, 11) is 0. The van der Waals surface area contributed by atoms with Gasteiger partial charge in [-0.2, -0.15) is 0 Å². The lowest BCUT2D eigenvalue weighted by Crippen LogP contribution is -2.34. The number of halogens is 1. The Balaban J connectivity index is 2.02. The molecule has 2 aliphatic rings. The molecule has 4 rings (SSSR count). The van der Waals surface area contributed by atoms with Crippen molar-refractivity contribution in [1.29, 1.82) is 0 Å². The molecule has 5 nitrogen and oxygen atoms in total. The van der Waals surface area contributed by atoms with Gasteiger partial charge in [0, 0.05) is 34.7 Å². The van der Waals surface area contributed by atoms with Crippen LogP contribution in [0.4, 0.5) is 16.0 Å². The van der Waals surface area contributed by atoms with E-state index in [0.717, 1.165) is 5.70 Å². The number of rotatable bonds is 1. The lowest BCUT2D eigenvalue weighted by molar-refractivity contribution is -0.118. The largest absolute Gasteiger partial charge is 0.385 e. The van der Waals surface area contributed by atoms with Crippen LogP contribution in [0, 0.1) is 16.0 Å². The van der Waals surface area contributed by atoms with Gasteiger partial charge in [0.1, 0.15) is 17.5 Å². The minimum absolute atomic E-state index is 0.00417. The van der Waals surface area contributed by atoms with Gasteiger partial charge in [-0.3, -0.25) is 4.79 Å². The standard InChI is InChI=1S/C19H19FN4OS/c1-19(2)7-11-14(12(25)8-19)13(9-5-3-4-6-10(9)20)15-16(21)23-18(26)24-17(15)22-11/h3-6,13H,7-8H2,1-2H3,(H4,21,22,23,24,26). The maximum atomic E-state index is 14.7. The average molecular weight is 370 g/mol. The fraction of sp³-hybridized carbons (Fsp3) is 0.316. The van der Waals surface area contributed by atoms with Gasteiger partial charge >= 0.3 is 0 Å². The molecule has 134 valence electrons. The van der Waals surface area contributed by atoms with E-state index in [-0.39, 0.29) is 21.8 Å². The highest BCUT2D eigenvalue weighted by molar-refractivity contribution is 7.71. The van der Waals surface area contributed by atoms with Crippen LogP contribution >= 0.6 is 12.2 Å².